The minimum atomic E-state index is -0.365. The number of aliphatic hydroxyl groups excluding tert-OH is 2. The summed E-state index contributed by atoms with van der Waals surface area (Å²) in [6.45, 7) is -0.165. The summed E-state index contributed by atoms with van der Waals surface area (Å²) in [6.07, 6.45) is 5.26. The molecule has 0 amide bonds. The highest BCUT2D eigenvalue weighted by Crippen LogP contribution is 2.42. The molecule has 0 fully saturated rings. The van der Waals surface area contributed by atoms with Crippen LogP contribution in [0.3, 0.4) is 0 Å². The number of nitrogens with one attached hydrogen (secondary N) is 2. The fourth-order valence-corrected chi connectivity index (χ4v) is 2.73. The molecule has 8 heteroatoms. The van der Waals surface area contributed by atoms with Gasteiger partial charge in [0.25, 0.3) is 0 Å². The van der Waals surface area contributed by atoms with Crippen molar-refractivity contribution in [3.05, 3.63) is 34.7 Å². The maximum atomic E-state index is 9.18. The smallest absolute Gasteiger partial charge is 0.130 e. The van der Waals surface area contributed by atoms with Gasteiger partial charge in [-0.25, -0.2) is 0 Å². The molecule has 122 valence electrons. The molecule has 0 unspecified atom stereocenters. The van der Waals surface area contributed by atoms with Gasteiger partial charge in [0, 0.05) is 35.5 Å². The topological polar surface area (TPSA) is 94.2 Å². The second-order valence-electron chi connectivity index (χ2n) is 5.15. The maximum absolute atomic E-state index is 9.18. The second kappa shape index (κ2) is 6.80. The van der Waals surface area contributed by atoms with Crippen LogP contribution in [0.15, 0.2) is 24.7 Å². The van der Waals surface area contributed by atoms with Gasteiger partial charge in [-0.1, -0.05) is 23.2 Å². The molecular formula is C15H15Cl2N3O3. The summed E-state index contributed by atoms with van der Waals surface area (Å²) in [6, 6.07) is 1.63. The molecule has 23 heavy (non-hydrogen) atoms. The number of aromatic amines is 2. The van der Waals surface area contributed by atoms with Crippen LogP contribution >= 0.6 is 23.2 Å². The van der Waals surface area contributed by atoms with Gasteiger partial charge in [0.15, 0.2) is 0 Å². The van der Waals surface area contributed by atoms with Gasteiger partial charge in [0.2, 0.25) is 0 Å². The number of benzene rings is 1. The van der Waals surface area contributed by atoms with E-state index >= 15 is 0 Å². The molecule has 2 aromatic heterocycles. The quantitative estimate of drug-likeness (QED) is 0.546. The van der Waals surface area contributed by atoms with E-state index in [2.05, 4.69) is 15.2 Å². The van der Waals surface area contributed by atoms with Gasteiger partial charge in [-0.05, 0) is 0 Å². The highest BCUT2D eigenvalue weighted by atomic mass is 35.5. The van der Waals surface area contributed by atoms with Crippen LogP contribution in [0, 0.1) is 5.92 Å². The van der Waals surface area contributed by atoms with Gasteiger partial charge < -0.3 is 19.9 Å². The van der Waals surface area contributed by atoms with E-state index in [1.165, 1.54) is 0 Å². The molecular weight excluding hydrogens is 341 g/mol. The molecule has 0 saturated carbocycles. The van der Waals surface area contributed by atoms with E-state index < -0.39 is 0 Å². The Bertz CT molecular complexity index is 798. The summed E-state index contributed by atoms with van der Waals surface area (Å²) in [5.74, 6) is 0.162. The van der Waals surface area contributed by atoms with Crippen molar-refractivity contribution < 1.29 is 14.9 Å². The van der Waals surface area contributed by atoms with Crippen molar-refractivity contribution in [2.45, 2.75) is 0 Å². The van der Waals surface area contributed by atoms with E-state index in [4.69, 9.17) is 27.9 Å². The van der Waals surface area contributed by atoms with E-state index in [0.29, 0.717) is 21.3 Å². The van der Waals surface area contributed by atoms with Gasteiger partial charge in [-0.15, -0.1) is 0 Å². The summed E-state index contributed by atoms with van der Waals surface area (Å²) in [7, 11) is 0. The van der Waals surface area contributed by atoms with Gasteiger partial charge in [0.1, 0.15) is 5.75 Å². The molecule has 0 saturated heterocycles. The minimum absolute atomic E-state index is 0.163. The summed E-state index contributed by atoms with van der Waals surface area (Å²) in [4.78, 5) is 3.10. The van der Waals surface area contributed by atoms with Crippen LogP contribution in [-0.2, 0) is 0 Å². The van der Waals surface area contributed by atoms with Crippen LogP contribution in [-0.4, -0.2) is 45.2 Å². The summed E-state index contributed by atoms with van der Waals surface area (Å²) in [5.41, 5.74) is 2.40. The number of fused-ring (bicyclic) bond motifs is 1. The maximum Gasteiger partial charge on any atom is 0.130 e. The zero-order valence-corrected chi connectivity index (χ0v) is 13.5. The number of hydrogen-bond acceptors (Lipinski definition) is 4. The second-order valence-corrected chi connectivity index (χ2v) is 5.94. The van der Waals surface area contributed by atoms with Gasteiger partial charge in [-0.2, -0.15) is 5.10 Å². The van der Waals surface area contributed by atoms with Crippen molar-refractivity contribution in [2.24, 2.45) is 5.92 Å². The monoisotopic (exact) mass is 355 g/mol. The van der Waals surface area contributed by atoms with Crippen LogP contribution in [0.1, 0.15) is 0 Å². The Labute approximate surface area is 142 Å². The molecule has 0 atom stereocenters. The van der Waals surface area contributed by atoms with E-state index in [1.54, 1.807) is 24.7 Å². The average molecular weight is 356 g/mol. The van der Waals surface area contributed by atoms with Gasteiger partial charge >= 0.3 is 0 Å². The fraction of sp³-hybridized carbons (Fsp3) is 0.267. The Hall–Kier alpha value is -1.73. The lowest BCUT2D eigenvalue weighted by Crippen LogP contribution is -2.19. The average Bonchev–Trinajstić information content (AvgIpc) is 3.21. The molecule has 3 rings (SSSR count). The SMILES string of the molecule is OCC(CO)COc1cc(Cl)c(Cl)c2[nH]cc(-c3cn[nH]c3)c12. The number of rotatable bonds is 6. The lowest BCUT2D eigenvalue weighted by molar-refractivity contribution is 0.107. The highest BCUT2D eigenvalue weighted by molar-refractivity contribution is 6.45. The van der Waals surface area contributed by atoms with Crippen LogP contribution in [0.2, 0.25) is 10.0 Å². The highest BCUT2D eigenvalue weighted by Gasteiger charge is 2.18. The zero-order valence-electron chi connectivity index (χ0n) is 12.0. The first-order valence-corrected chi connectivity index (χ1v) is 7.74. The summed E-state index contributed by atoms with van der Waals surface area (Å²) >= 11 is 12.4. The predicted molar refractivity (Wildman–Crippen MR) is 89.1 cm³/mol. The number of halogens is 2. The van der Waals surface area contributed by atoms with Crippen LogP contribution in [0.4, 0.5) is 0 Å². The molecule has 0 aliphatic rings. The van der Waals surface area contributed by atoms with E-state index in [0.717, 1.165) is 16.5 Å². The first kappa shape index (κ1) is 16.1. The van der Waals surface area contributed by atoms with Crippen molar-refractivity contribution in [1.82, 2.24) is 15.2 Å². The Morgan fingerprint density at radius 3 is 2.65 bits per heavy atom. The van der Waals surface area contributed by atoms with Crippen LogP contribution < -0.4 is 4.74 Å². The summed E-state index contributed by atoms with van der Waals surface area (Å²) < 4.78 is 5.78. The van der Waals surface area contributed by atoms with Gasteiger partial charge in [0.05, 0.1) is 47.0 Å². The molecule has 0 bridgehead atoms. The largest absolute Gasteiger partial charge is 0.492 e. The van der Waals surface area contributed by atoms with Gasteiger partial charge in [-0.3, -0.25) is 5.10 Å². The molecule has 6 nitrogen and oxygen atoms in total. The molecule has 0 aliphatic carbocycles. The number of nitrogens with zero attached hydrogens (tertiary/aromatic N) is 1. The van der Waals surface area contributed by atoms with Crippen molar-refractivity contribution in [3.63, 3.8) is 0 Å². The number of hydrogen-bond donors (Lipinski definition) is 4. The van der Waals surface area contributed by atoms with E-state index in [-0.39, 0.29) is 25.7 Å². The number of ether oxygens (including phenoxy) is 1. The minimum Gasteiger partial charge on any atom is -0.492 e. The van der Waals surface area contributed by atoms with E-state index in [1.807, 2.05) is 0 Å². The summed E-state index contributed by atoms with van der Waals surface area (Å²) in [5, 5.41) is 26.6. The van der Waals surface area contributed by atoms with Crippen molar-refractivity contribution >= 4 is 34.1 Å². The number of aliphatic hydroxyl groups is 2. The molecule has 0 spiro atoms. The number of H-pyrrole nitrogens is 2. The van der Waals surface area contributed by atoms with Crippen molar-refractivity contribution in [3.8, 4) is 16.9 Å². The third-order valence-corrected chi connectivity index (χ3v) is 4.40. The lowest BCUT2D eigenvalue weighted by atomic mass is 10.1. The third-order valence-electron chi connectivity index (χ3n) is 3.61. The molecule has 2 heterocycles. The first-order chi connectivity index (χ1) is 11.2. The molecule has 1 aromatic carbocycles. The normalized spacial score (nSPS) is 11.5. The molecule has 4 N–H and O–H groups in total. The van der Waals surface area contributed by atoms with Crippen LogP contribution in [0.25, 0.3) is 22.0 Å². The Kier molecular flexibility index (Phi) is 4.77. The third kappa shape index (κ3) is 3.03. The number of aromatic nitrogens is 3. The Balaban J connectivity index is 2.08. The lowest BCUT2D eigenvalue weighted by Gasteiger charge is -2.15. The molecule has 0 aliphatic heterocycles. The molecule has 0 radical (unpaired) electrons. The fourth-order valence-electron chi connectivity index (χ4n) is 2.33. The van der Waals surface area contributed by atoms with Crippen molar-refractivity contribution in [2.75, 3.05) is 19.8 Å². The predicted octanol–water partition coefficient (Wildman–Crippen LogP) is 2.84. The van der Waals surface area contributed by atoms with E-state index in [9.17, 15) is 10.2 Å². The van der Waals surface area contributed by atoms with Crippen molar-refractivity contribution in [1.29, 1.82) is 0 Å². The molecule has 3 aromatic rings. The Morgan fingerprint density at radius 1 is 1.22 bits per heavy atom. The Morgan fingerprint density at radius 2 is 2.00 bits per heavy atom. The standard InChI is InChI=1S/C15H15Cl2N3O3/c16-11-1-12(23-7-8(5-21)6-22)13-10(9-2-19-20-3-9)4-18-15(13)14(11)17/h1-4,8,18,21-22H,5-7H2,(H,19,20). The van der Waals surface area contributed by atoms with Crippen LogP contribution in [0.5, 0.6) is 5.75 Å². The zero-order chi connectivity index (χ0) is 16.4. The first-order valence-electron chi connectivity index (χ1n) is 6.98.